The second-order valence-corrected chi connectivity index (χ2v) is 7.55. The molecule has 0 bridgehead atoms. The van der Waals surface area contributed by atoms with Crippen LogP contribution in [0.3, 0.4) is 0 Å². The van der Waals surface area contributed by atoms with Crippen LogP contribution >= 0.6 is 0 Å². The summed E-state index contributed by atoms with van der Waals surface area (Å²) in [6, 6.07) is 32.3. The van der Waals surface area contributed by atoms with Crippen molar-refractivity contribution in [1.82, 2.24) is 0 Å². The molecule has 0 fully saturated rings. The smallest absolute Gasteiger partial charge is 0.141 e. The molecule has 0 saturated carbocycles. The van der Waals surface area contributed by atoms with Crippen LogP contribution in [0.4, 0.5) is 0 Å². The highest BCUT2D eigenvalue weighted by Crippen LogP contribution is 2.42. The maximum absolute atomic E-state index is 12.5. The average molecular weight is 403 g/mol. The Bertz CT molecular complexity index is 1210. The van der Waals surface area contributed by atoms with Gasteiger partial charge in [-0.1, -0.05) is 116 Å². The zero-order chi connectivity index (χ0) is 21.7. The second kappa shape index (κ2) is 8.99. The topological polar surface area (TPSA) is 20.2 Å². The molecule has 4 aromatic rings. The summed E-state index contributed by atoms with van der Waals surface area (Å²) in [5, 5.41) is 14.7. The Kier molecular flexibility index (Phi) is 5.97. The Morgan fingerprint density at radius 1 is 0.774 bits per heavy atom. The Morgan fingerprint density at radius 3 is 1.81 bits per heavy atom. The van der Waals surface area contributed by atoms with E-state index in [1.807, 2.05) is 91.9 Å². The number of fused-ring (bicyclic) bond motifs is 1. The van der Waals surface area contributed by atoms with Gasteiger partial charge in [-0.25, -0.2) is 0 Å². The van der Waals surface area contributed by atoms with Gasteiger partial charge in [-0.3, -0.25) is 0 Å². The van der Waals surface area contributed by atoms with Crippen LogP contribution in [0, 0.1) is 0 Å². The van der Waals surface area contributed by atoms with Gasteiger partial charge in [0.15, 0.2) is 0 Å². The summed E-state index contributed by atoms with van der Waals surface area (Å²) in [6.45, 7) is 5.90. The van der Waals surface area contributed by atoms with Crippen LogP contribution in [0.15, 0.2) is 128 Å². The molecule has 0 spiro atoms. The second-order valence-electron chi connectivity index (χ2n) is 7.55. The van der Waals surface area contributed by atoms with Crippen molar-refractivity contribution < 1.29 is 5.11 Å². The molecule has 0 amide bonds. The van der Waals surface area contributed by atoms with Gasteiger partial charge >= 0.3 is 0 Å². The van der Waals surface area contributed by atoms with E-state index >= 15 is 0 Å². The van der Waals surface area contributed by atoms with Gasteiger partial charge in [0, 0.05) is 5.56 Å². The predicted octanol–water partition coefficient (Wildman–Crippen LogP) is 7.27. The van der Waals surface area contributed by atoms with E-state index in [2.05, 4.69) is 36.9 Å². The molecular weight excluding hydrogens is 376 g/mol. The van der Waals surface area contributed by atoms with Crippen molar-refractivity contribution in [2.24, 2.45) is 0 Å². The normalized spacial score (nSPS) is 12.4. The van der Waals surface area contributed by atoms with Crippen LogP contribution in [0.25, 0.3) is 16.3 Å². The molecule has 152 valence electrons. The quantitative estimate of drug-likeness (QED) is 0.266. The van der Waals surface area contributed by atoms with Crippen molar-refractivity contribution >= 4 is 16.3 Å². The zero-order valence-corrected chi connectivity index (χ0v) is 17.7. The Labute approximate surface area is 184 Å². The lowest BCUT2D eigenvalue weighted by atomic mass is 9.76. The lowest BCUT2D eigenvalue weighted by Crippen LogP contribution is -2.30. The Morgan fingerprint density at radius 2 is 1.29 bits per heavy atom. The van der Waals surface area contributed by atoms with E-state index < -0.39 is 5.60 Å². The number of benzene rings is 4. The van der Waals surface area contributed by atoms with Crippen LogP contribution in [-0.2, 0) is 5.60 Å². The molecule has 0 aromatic heterocycles. The van der Waals surface area contributed by atoms with Crippen molar-refractivity contribution in [2.45, 2.75) is 12.5 Å². The van der Waals surface area contributed by atoms with Gasteiger partial charge in [0.2, 0.25) is 0 Å². The number of allylic oxidation sites excluding steroid dienone is 5. The maximum Gasteiger partial charge on any atom is 0.141 e. The van der Waals surface area contributed by atoms with Gasteiger partial charge in [0.25, 0.3) is 0 Å². The van der Waals surface area contributed by atoms with E-state index in [1.54, 1.807) is 6.08 Å². The highest BCUT2D eigenvalue weighted by molar-refractivity contribution is 5.91. The molecule has 0 heterocycles. The summed E-state index contributed by atoms with van der Waals surface area (Å²) in [5.74, 6) is 0. The number of hydrogen-bond acceptors (Lipinski definition) is 1. The first-order chi connectivity index (χ1) is 15.2. The first-order valence-corrected chi connectivity index (χ1v) is 10.5. The summed E-state index contributed by atoms with van der Waals surface area (Å²) in [5.41, 5.74) is 3.17. The van der Waals surface area contributed by atoms with Gasteiger partial charge in [-0.15, -0.1) is 0 Å². The SMILES string of the molecule is C=C/C=C(\C=C/C)c1cc2ccccc2cc1C(O)(c1ccccc1)c1ccccc1. The van der Waals surface area contributed by atoms with Gasteiger partial charge in [0.05, 0.1) is 0 Å². The molecule has 0 atom stereocenters. The zero-order valence-electron chi connectivity index (χ0n) is 17.7. The molecule has 0 aliphatic carbocycles. The third-order valence-corrected chi connectivity index (χ3v) is 5.61. The molecule has 0 radical (unpaired) electrons. The van der Waals surface area contributed by atoms with E-state index in [9.17, 15) is 5.11 Å². The largest absolute Gasteiger partial charge is 0.376 e. The lowest BCUT2D eigenvalue weighted by molar-refractivity contribution is 0.125. The van der Waals surface area contributed by atoms with Crippen LogP contribution in [0.1, 0.15) is 29.2 Å². The number of aliphatic hydroxyl groups is 1. The van der Waals surface area contributed by atoms with Crippen LogP contribution in [-0.4, -0.2) is 5.11 Å². The number of rotatable bonds is 6. The molecule has 0 aliphatic heterocycles. The molecule has 0 unspecified atom stereocenters. The predicted molar refractivity (Wildman–Crippen MR) is 132 cm³/mol. The Hall–Kier alpha value is -3.68. The monoisotopic (exact) mass is 402 g/mol. The summed E-state index contributed by atoms with van der Waals surface area (Å²) < 4.78 is 0. The Balaban J connectivity index is 2.13. The minimum atomic E-state index is -1.32. The summed E-state index contributed by atoms with van der Waals surface area (Å²) in [4.78, 5) is 0. The minimum absolute atomic E-state index is 0.830. The third-order valence-electron chi connectivity index (χ3n) is 5.61. The van der Waals surface area contributed by atoms with E-state index in [0.717, 1.165) is 38.6 Å². The molecule has 0 aliphatic rings. The highest BCUT2D eigenvalue weighted by Gasteiger charge is 2.36. The molecule has 1 heteroatoms. The fourth-order valence-corrected chi connectivity index (χ4v) is 4.16. The first-order valence-electron chi connectivity index (χ1n) is 10.5. The molecule has 0 saturated heterocycles. The third kappa shape index (κ3) is 3.88. The minimum Gasteiger partial charge on any atom is -0.376 e. The van der Waals surface area contributed by atoms with E-state index in [-0.39, 0.29) is 0 Å². The van der Waals surface area contributed by atoms with Crippen LogP contribution in [0.5, 0.6) is 0 Å². The summed E-state index contributed by atoms with van der Waals surface area (Å²) >= 11 is 0. The highest BCUT2D eigenvalue weighted by atomic mass is 16.3. The van der Waals surface area contributed by atoms with E-state index in [4.69, 9.17) is 0 Å². The van der Waals surface area contributed by atoms with Crippen molar-refractivity contribution in [3.63, 3.8) is 0 Å². The van der Waals surface area contributed by atoms with E-state index in [1.165, 1.54) is 0 Å². The average Bonchev–Trinajstić information content (AvgIpc) is 2.83. The summed E-state index contributed by atoms with van der Waals surface area (Å²) in [6.07, 6.45) is 7.85. The summed E-state index contributed by atoms with van der Waals surface area (Å²) in [7, 11) is 0. The molecule has 4 aromatic carbocycles. The van der Waals surface area contributed by atoms with Crippen molar-refractivity contribution in [3.8, 4) is 0 Å². The van der Waals surface area contributed by atoms with Gasteiger partial charge in [0.1, 0.15) is 5.60 Å². The molecule has 1 N–H and O–H groups in total. The molecule has 4 rings (SSSR count). The van der Waals surface area contributed by atoms with Gasteiger partial charge in [-0.2, -0.15) is 0 Å². The lowest BCUT2D eigenvalue weighted by Gasteiger charge is -2.32. The van der Waals surface area contributed by atoms with Crippen molar-refractivity contribution in [3.05, 3.63) is 150 Å². The maximum atomic E-state index is 12.5. The standard InChI is InChI=1S/C30H26O/c1-3-13-23(14-4-2)28-21-24-15-11-12-16-25(24)22-29(28)30(31,26-17-7-5-8-18-26)27-19-9-6-10-20-27/h3-22,31H,1H2,2H3/b14-4-,23-13+. The molecular formula is C30H26O. The van der Waals surface area contributed by atoms with Crippen molar-refractivity contribution in [1.29, 1.82) is 0 Å². The molecule has 1 nitrogen and oxygen atoms in total. The molecule has 31 heavy (non-hydrogen) atoms. The van der Waals surface area contributed by atoms with E-state index in [0.29, 0.717) is 0 Å². The fourth-order valence-electron chi connectivity index (χ4n) is 4.16. The first kappa shape index (κ1) is 20.6. The van der Waals surface area contributed by atoms with Crippen LogP contribution in [0.2, 0.25) is 0 Å². The van der Waals surface area contributed by atoms with Gasteiger partial charge in [-0.05, 0) is 52.1 Å². The van der Waals surface area contributed by atoms with Crippen LogP contribution < -0.4 is 0 Å². The number of hydrogen-bond donors (Lipinski definition) is 1. The fraction of sp³-hybridized carbons (Fsp3) is 0.0667. The van der Waals surface area contributed by atoms with Crippen molar-refractivity contribution in [2.75, 3.05) is 0 Å². The van der Waals surface area contributed by atoms with Gasteiger partial charge < -0.3 is 5.11 Å².